The molecule has 0 aromatic heterocycles. The zero-order valence-electron chi connectivity index (χ0n) is 20.1. The van der Waals surface area contributed by atoms with Crippen LogP contribution in [0.2, 0.25) is 0 Å². The van der Waals surface area contributed by atoms with E-state index in [9.17, 15) is 4.79 Å². The monoisotopic (exact) mass is 460 g/mol. The second-order valence-electron chi connectivity index (χ2n) is 7.19. The Labute approximate surface area is 201 Å². The predicted molar refractivity (Wildman–Crippen MR) is 139 cm³/mol. The second kappa shape index (κ2) is 13.4. The van der Waals surface area contributed by atoms with E-state index in [-0.39, 0.29) is 5.78 Å². The molecule has 0 heterocycles. The van der Waals surface area contributed by atoms with Gasteiger partial charge in [0, 0.05) is 29.2 Å². The van der Waals surface area contributed by atoms with E-state index in [2.05, 4.69) is 18.8 Å². The van der Waals surface area contributed by atoms with Crippen molar-refractivity contribution in [2.75, 3.05) is 32.4 Å². The third-order valence-electron chi connectivity index (χ3n) is 4.98. The number of anilines is 2. The van der Waals surface area contributed by atoms with Crippen LogP contribution in [0.1, 0.15) is 29.3 Å². The van der Waals surface area contributed by atoms with Crippen molar-refractivity contribution in [1.29, 1.82) is 0 Å². The molecule has 6 heteroatoms. The van der Waals surface area contributed by atoms with Gasteiger partial charge in [-0.25, -0.2) is 0 Å². The van der Waals surface area contributed by atoms with E-state index < -0.39 is 0 Å². The van der Waals surface area contributed by atoms with Gasteiger partial charge >= 0.3 is 0 Å². The summed E-state index contributed by atoms with van der Waals surface area (Å²) < 4.78 is 16.1. The van der Waals surface area contributed by atoms with Crippen molar-refractivity contribution in [3.05, 3.63) is 114 Å². The summed E-state index contributed by atoms with van der Waals surface area (Å²) in [6.07, 6.45) is 9.79. The van der Waals surface area contributed by atoms with Gasteiger partial charge in [-0.15, -0.1) is 0 Å². The number of hydrogen-bond acceptors (Lipinski definition) is 6. The first-order chi connectivity index (χ1) is 16.4. The van der Waals surface area contributed by atoms with Crippen LogP contribution in [0, 0.1) is 0 Å². The van der Waals surface area contributed by atoms with Gasteiger partial charge in [-0.05, 0) is 54.0 Å². The molecule has 2 rings (SSSR count). The lowest BCUT2D eigenvalue weighted by atomic mass is 10.1. The van der Waals surface area contributed by atoms with Crippen molar-refractivity contribution < 1.29 is 19.0 Å². The van der Waals surface area contributed by atoms with Crippen molar-refractivity contribution in [3.8, 4) is 0 Å². The number of rotatable bonds is 12. The number of nitrogens with two attached hydrogens (primary N) is 1. The standard InChI is InChI=1S/C28H32N2O4/c1-6-21(19-27(33-4)28(34-5)20(2)32-3)11-12-22-9-7-8-10-25(22)30-18-17-26(31)23-13-15-24(29)16-14-23/h7-19,30H,2,6,29H2,1,3-5H3/b12-11-,18-17-,21-19+,28-27-. The molecule has 0 atom stereocenters. The second-order valence-corrected chi connectivity index (χ2v) is 7.19. The summed E-state index contributed by atoms with van der Waals surface area (Å²) in [7, 11) is 4.64. The number of nitrogen functional groups attached to an aromatic ring is 1. The maximum Gasteiger partial charge on any atom is 0.202 e. The van der Waals surface area contributed by atoms with Crippen LogP contribution in [-0.2, 0) is 14.2 Å². The van der Waals surface area contributed by atoms with Crippen LogP contribution in [0.5, 0.6) is 0 Å². The number of hydrogen-bond donors (Lipinski definition) is 2. The van der Waals surface area contributed by atoms with E-state index in [1.807, 2.05) is 42.5 Å². The normalized spacial score (nSPS) is 12.4. The molecule has 6 nitrogen and oxygen atoms in total. The summed E-state index contributed by atoms with van der Waals surface area (Å²) in [5, 5.41) is 3.19. The molecule has 2 aromatic rings. The summed E-state index contributed by atoms with van der Waals surface area (Å²) in [4.78, 5) is 12.3. The Bertz CT molecular complexity index is 1110. The Morgan fingerprint density at radius 3 is 2.32 bits per heavy atom. The molecular formula is C28H32N2O4. The molecular weight excluding hydrogens is 428 g/mol. The van der Waals surface area contributed by atoms with Crippen molar-refractivity contribution in [1.82, 2.24) is 0 Å². The third-order valence-corrected chi connectivity index (χ3v) is 4.98. The molecule has 0 amide bonds. The summed E-state index contributed by atoms with van der Waals surface area (Å²) in [6, 6.07) is 14.6. The van der Waals surface area contributed by atoms with Gasteiger partial charge in [0.15, 0.2) is 17.3 Å². The molecule has 0 saturated heterocycles. The zero-order valence-corrected chi connectivity index (χ0v) is 20.1. The summed E-state index contributed by atoms with van der Waals surface area (Å²) in [5.41, 5.74) is 9.71. The van der Waals surface area contributed by atoms with Crippen LogP contribution in [0.15, 0.2) is 102 Å². The van der Waals surface area contributed by atoms with Crippen LogP contribution < -0.4 is 11.1 Å². The highest BCUT2D eigenvalue weighted by Crippen LogP contribution is 2.22. The summed E-state index contributed by atoms with van der Waals surface area (Å²) in [6.45, 7) is 5.89. The van der Waals surface area contributed by atoms with E-state index in [0.717, 1.165) is 23.2 Å². The minimum atomic E-state index is -0.109. The number of ketones is 1. The largest absolute Gasteiger partial charge is 0.493 e. The van der Waals surface area contributed by atoms with Crippen LogP contribution in [0.25, 0.3) is 6.08 Å². The molecule has 34 heavy (non-hydrogen) atoms. The van der Waals surface area contributed by atoms with Gasteiger partial charge in [0.1, 0.15) is 0 Å². The van der Waals surface area contributed by atoms with Crippen molar-refractivity contribution in [3.63, 3.8) is 0 Å². The minimum absolute atomic E-state index is 0.109. The maximum absolute atomic E-state index is 12.3. The number of ether oxygens (including phenoxy) is 3. The topological polar surface area (TPSA) is 82.8 Å². The van der Waals surface area contributed by atoms with Gasteiger partial charge in [-0.3, -0.25) is 4.79 Å². The fraction of sp³-hybridized carbons (Fsp3) is 0.179. The van der Waals surface area contributed by atoms with Crippen molar-refractivity contribution in [2.24, 2.45) is 0 Å². The first kappa shape index (κ1) is 26.1. The Morgan fingerprint density at radius 2 is 1.71 bits per heavy atom. The van der Waals surface area contributed by atoms with E-state index in [4.69, 9.17) is 19.9 Å². The number of para-hydroxylation sites is 1. The first-order valence-corrected chi connectivity index (χ1v) is 10.8. The molecule has 0 aliphatic heterocycles. The number of allylic oxidation sites excluding steroid dienone is 4. The molecule has 0 aliphatic rings. The van der Waals surface area contributed by atoms with Crippen LogP contribution in [0.3, 0.4) is 0 Å². The lowest BCUT2D eigenvalue weighted by Crippen LogP contribution is -2.00. The number of methoxy groups -OCH3 is 3. The molecule has 0 fully saturated rings. The zero-order chi connectivity index (χ0) is 24.9. The van der Waals surface area contributed by atoms with Crippen LogP contribution in [0.4, 0.5) is 11.4 Å². The minimum Gasteiger partial charge on any atom is -0.493 e. The average molecular weight is 461 g/mol. The fourth-order valence-corrected chi connectivity index (χ4v) is 3.02. The summed E-state index contributed by atoms with van der Waals surface area (Å²) >= 11 is 0. The van der Waals surface area contributed by atoms with Gasteiger partial charge < -0.3 is 25.3 Å². The SMILES string of the molecule is C=C(OC)\C(OC)=C(/C=C(/C=C\c1ccccc1N/C=C\C(=O)c1ccc(N)cc1)CC)OC. The average Bonchev–Trinajstić information content (AvgIpc) is 2.86. The van der Waals surface area contributed by atoms with E-state index in [1.54, 1.807) is 44.7 Å². The molecule has 178 valence electrons. The van der Waals surface area contributed by atoms with E-state index >= 15 is 0 Å². The molecule has 0 bridgehead atoms. The molecule has 3 N–H and O–H groups in total. The number of benzene rings is 2. The highest BCUT2D eigenvalue weighted by Gasteiger charge is 2.11. The van der Waals surface area contributed by atoms with E-state index in [1.165, 1.54) is 13.2 Å². The Kier molecular flexibility index (Phi) is 10.3. The quantitative estimate of drug-likeness (QED) is 0.131. The number of carbonyl (C=O) groups excluding carboxylic acids is 1. The van der Waals surface area contributed by atoms with Crippen molar-refractivity contribution >= 4 is 23.2 Å². The van der Waals surface area contributed by atoms with Crippen LogP contribution >= 0.6 is 0 Å². The highest BCUT2D eigenvalue weighted by molar-refractivity contribution is 6.04. The Morgan fingerprint density at radius 1 is 1.00 bits per heavy atom. The van der Waals surface area contributed by atoms with E-state index in [0.29, 0.717) is 28.5 Å². The lowest BCUT2D eigenvalue weighted by molar-refractivity contribution is 0.104. The van der Waals surface area contributed by atoms with Gasteiger partial charge in [0.05, 0.1) is 21.3 Å². The number of nitrogens with one attached hydrogen (secondary N) is 1. The molecule has 2 aromatic carbocycles. The highest BCUT2D eigenvalue weighted by atomic mass is 16.5. The molecule has 0 aliphatic carbocycles. The van der Waals surface area contributed by atoms with Gasteiger partial charge in [-0.2, -0.15) is 0 Å². The molecule has 0 unspecified atom stereocenters. The Hall–Kier alpha value is -4.19. The van der Waals surface area contributed by atoms with Gasteiger partial charge in [-0.1, -0.05) is 43.9 Å². The molecule has 0 saturated carbocycles. The number of carbonyl (C=O) groups is 1. The lowest BCUT2D eigenvalue weighted by Gasteiger charge is -2.12. The fourth-order valence-electron chi connectivity index (χ4n) is 3.02. The van der Waals surface area contributed by atoms with Crippen molar-refractivity contribution in [2.45, 2.75) is 13.3 Å². The molecule has 0 spiro atoms. The van der Waals surface area contributed by atoms with Gasteiger partial charge in [0.25, 0.3) is 0 Å². The molecule has 0 radical (unpaired) electrons. The predicted octanol–water partition coefficient (Wildman–Crippen LogP) is 6.09. The Balaban J connectivity index is 2.22. The summed E-state index contributed by atoms with van der Waals surface area (Å²) in [5.74, 6) is 1.22. The van der Waals surface area contributed by atoms with Crippen LogP contribution in [-0.4, -0.2) is 27.1 Å². The maximum atomic E-state index is 12.3. The first-order valence-electron chi connectivity index (χ1n) is 10.8. The van der Waals surface area contributed by atoms with Gasteiger partial charge in [0.2, 0.25) is 5.76 Å². The third kappa shape index (κ3) is 7.45. The smallest absolute Gasteiger partial charge is 0.202 e.